The van der Waals surface area contributed by atoms with Gasteiger partial charge in [0.1, 0.15) is 5.82 Å². The summed E-state index contributed by atoms with van der Waals surface area (Å²) in [5, 5.41) is 15.2. The predicted molar refractivity (Wildman–Crippen MR) is 118 cm³/mol. The normalized spacial score (nSPS) is 20.4. The second kappa shape index (κ2) is 9.26. The van der Waals surface area contributed by atoms with Crippen molar-refractivity contribution in [2.24, 2.45) is 5.92 Å². The van der Waals surface area contributed by atoms with Crippen LogP contribution in [-0.2, 0) is 4.79 Å². The zero-order chi connectivity index (χ0) is 21.8. The molecule has 1 aliphatic rings. The lowest BCUT2D eigenvalue weighted by Gasteiger charge is -2.45. The summed E-state index contributed by atoms with van der Waals surface area (Å²) < 4.78 is 0. The molecule has 0 saturated carbocycles. The van der Waals surface area contributed by atoms with E-state index in [2.05, 4.69) is 29.5 Å². The summed E-state index contributed by atoms with van der Waals surface area (Å²) >= 11 is 0. The van der Waals surface area contributed by atoms with Gasteiger partial charge in [-0.1, -0.05) is 19.9 Å². The Morgan fingerprint density at radius 1 is 1.23 bits per heavy atom. The van der Waals surface area contributed by atoms with Crippen molar-refractivity contribution in [3.63, 3.8) is 0 Å². The Morgan fingerprint density at radius 3 is 2.63 bits per heavy atom. The van der Waals surface area contributed by atoms with Crippen LogP contribution in [0.2, 0.25) is 0 Å². The van der Waals surface area contributed by atoms with E-state index in [1.807, 2.05) is 42.2 Å². The molecule has 2 amide bonds. The molecule has 3 rings (SSSR count). The first kappa shape index (κ1) is 21.8. The molecule has 30 heavy (non-hydrogen) atoms. The number of benzene rings is 1. The summed E-state index contributed by atoms with van der Waals surface area (Å²) in [5.41, 5.74) is 3.12. The molecule has 1 aromatic heterocycles. The van der Waals surface area contributed by atoms with Gasteiger partial charge in [0, 0.05) is 42.4 Å². The highest BCUT2D eigenvalue weighted by Gasteiger charge is 2.40. The van der Waals surface area contributed by atoms with Crippen LogP contribution in [0.4, 0.5) is 11.5 Å². The van der Waals surface area contributed by atoms with Crippen LogP contribution in [0.25, 0.3) is 0 Å². The molecule has 0 aliphatic carbocycles. The van der Waals surface area contributed by atoms with Crippen LogP contribution >= 0.6 is 0 Å². The number of aromatic nitrogens is 1. The number of rotatable bonds is 6. The average molecular weight is 411 g/mol. The second-order valence-corrected chi connectivity index (χ2v) is 7.76. The lowest BCUT2D eigenvalue weighted by Crippen LogP contribution is -2.49. The third-order valence-electron chi connectivity index (χ3n) is 5.70. The Hall–Kier alpha value is -2.93. The number of fused-ring (bicyclic) bond motifs is 1. The van der Waals surface area contributed by atoms with Gasteiger partial charge in [-0.3, -0.25) is 9.59 Å². The molecule has 0 radical (unpaired) electrons. The van der Waals surface area contributed by atoms with Crippen LogP contribution < -0.4 is 15.5 Å². The molecule has 1 aliphatic heterocycles. The Balaban J connectivity index is 2.08. The van der Waals surface area contributed by atoms with Gasteiger partial charge in [-0.25, -0.2) is 4.98 Å². The summed E-state index contributed by atoms with van der Waals surface area (Å²) in [6.45, 7) is 7.81. The van der Waals surface area contributed by atoms with Gasteiger partial charge >= 0.3 is 0 Å². The monoisotopic (exact) mass is 410 g/mol. The zero-order valence-corrected chi connectivity index (χ0v) is 18.0. The number of aliphatic hydroxyl groups excluding tert-OH is 1. The van der Waals surface area contributed by atoms with E-state index >= 15 is 0 Å². The summed E-state index contributed by atoms with van der Waals surface area (Å²) in [6, 6.07) is 11.2. The number of nitrogens with one attached hydrogen (secondary N) is 2. The molecule has 160 valence electrons. The fraction of sp³-hybridized carbons (Fsp3) is 0.435. The fourth-order valence-electron chi connectivity index (χ4n) is 4.30. The molecule has 7 heteroatoms. The van der Waals surface area contributed by atoms with E-state index in [0.29, 0.717) is 5.56 Å². The molecule has 2 aromatic rings. The predicted octanol–water partition coefficient (Wildman–Crippen LogP) is 3.05. The first-order chi connectivity index (χ1) is 14.4. The summed E-state index contributed by atoms with van der Waals surface area (Å²) in [6.07, 6.45) is 0.818. The van der Waals surface area contributed by atoms with Crippen LogP contribution in [0.5, 0.6) is 0 Å². The van der Waals surface area contributed by atoms with Crippen LogP contribution in [0.3, 0.4) is 0 Å². The van der Waals surface area contributed by atoms with Gasteiger partial charge in [-0.05, 0) is 49.2 Å². The molecular weight excluding hydrogens is 380 g/mol. The van der Waals surface area contributed by atoms with Gasteiger partial charge in [0.05, 0.1) is 12.6 Å². The molecule has 1 aromatic carbocycles. The second-order valence-electron chi connectivity index (χ2n) is 7.76. The number of aliphatic hydroxyl groups is 1. The highest BCUT2D eigenvalue weighted by atomic mass is 16.3. The number of hydrogen-bond donors (Lipinski definition) is 3. The molecule has 0 bridgehead atoms. The van der Waals surface area contributed by atoms with Crippen molar-refractivity contribution in [2.75, 3.05) is 23.4 Å². The fourth-order valence-corrected chi connectivity index (χ4v) is 4.30. The molecule has 0 spiro atoms. The summed E-state index contributed by atoms with van der Waals surface area (Å²) in [7, 11) is 0. The molecule has 2 heterocycles. The minimum Gasteiger partial charge on any atom is -0.395 e. The molecular formula is C23H30N4O3. The molecule has 3 N–H and O–H groups in total. The maximum absolute atomic E-state index is 12.5. The molecule has 0 fully saturated rings. The van der Waals surface area contributed by atoms with E-state index in [0.717, 1.165) is 29.2 Å². The van der Waals surface area contributed by atoms with Crippen molar-refractivity contribution in [2.45, 2.75) is 46.2 Å². The first-order valence-corrected chi connectivity index (χ1v) is 10.4. The number of aryl methyl sites for hydroxylation is 1. The number of carbonyl (C=O) groups is 2. The third kappa shape index (κ3) is 4.31. The third-order valence-corrected chi connectivity index (χ3v) is 5.70. The Bertz CT molecular complexity index is 930. The highest BCUT2D eigenvalue weighted by Crippen LogP contribution is 2.43. The van der Waals surface area contributed by atoms with E-state index < -0.39 is 0 Å². The summed E-state index contributed by atoms with van der Waals surface area (Å²) in [4.78, 5) is 31.4. The van der Waals surface area contributed by atoms with Crippen LogP contribution in [-0.4, -0.2) is 41.1 Å². The smallest absolute Gasteiger partial charge is 0.251 e. The lowest BCUT2D eigenvalue weighted by molar-refractivity contribution is -0.117. The Morgan fingerprint density at radius 2 is 2.00 bits per heavy atom. The minimum absolute atomic E-state index is 0.0143. The maximum Gasteiger partial charge on any atom is 0.251 e. The topological polar surface area (TPSA) is 94.6 Å². The van der Waals surface area contributed by atoms with Gasteiger partial charge in [-0.15, -0.1) is 0 Å². The van der Waals surface area contributed by atoms with Crippen LogP contribution in [0.1, 0.15) is 54.8 Å². The van der Waals surface area contributed by atoms with E-state index in [1.54, 1.807) is 13.0 Å². The van der Waals surface area contributed by atoms with Crippen molar-refractivity contribution in [3.05, 3.63) is 53.2 Å². The van der Waals surface area contributed by atoms with Gasteiger partial charge in [0.25, 0.3) is 5.91 Å². The Kier molecular flexibility index (Phi) is 6.72. The number of nitrogens with zero attached hydrogens (tertiary/aromatic N) is 2. The SMILES string of the molecule is CC[C@H]1C(C)C(Nc2cccc(C)n2)c2cc(C(=O)NCCO)ccc2N1C(C)=O. The van der Waals surface area contributed by atoms with Gasteiger partial charge in [0.15, 0.2) is 0 Å². The van der Waals surface area contributed by atoms with Crippen molar-refractivity contribution < 1.29 is 14.7 Å². The van der Waals surface area contributed by atoms with E-state index in [1.165, 1.54) is 0 Å². The molecule has 3 atom stereocenters. The molecule has 0 saturated heterocycles. The zero-order valence-electron chi connectivity index (χ0n) is 18.0. The molecule has 7 nitrogen and oxygen atoms in total. The van der Waals surface area contributed by atoms with E-state index in [4.69, 9.17) is 5.11 Å². The number of pyridine rings is 1. The molecule has 2 unspecified atom stereocenters. The first-order valence-electron chi connectivity index (χ1n) is 10.4. The standard InChI is InChI=1S/C23H30N4O3/c1-5-19-15(3)22(26-21-8-6-7-14(2)25-21)18-13-17(23(30)24-11-12-28)9-10-20(18)27(19)16(4)29/h6-10,13,15,19,22,28H,5,11-12H2,1-4H3,(H,24,30)(H,25,26)/t15?,19-,22?/m0/s1. The van der Waals surface area contributed by atoms with Crippen molar-refractivity contribution in [1.82, 2.24) is 10.3 Å². The minimum atomic E-state index is -0.251. The van der Waals surface area contributed by atoms with E-state index in [-0.39, 0.29) is 43.0 Å². The van der Waals surface area contributed by atoms with Gasteiger partial charge in [-0.2, -0.15) is 0 Å². The quantitative estimate of drug-likeness (QED) is 0.680. The maximum atomic E-state index is 12.5. The number of anilines is 2. The average Bonchev–Trinajstić information content (AvgIpc) is 2.72. The van der Waals surface area contributed by atoms with E-state index in [9.17, 15) is 9.59 Å². The van der Waals surface area contributed by atoms with Gasteiger partial charge in [0.2, 0.25) is 5.91 Å². The summed E-state index contributed by atoms with van der Waals surface area (Å²) in [5.74, 6) is 0.599. The van der Waals surface area contributed by atoms with Crippen LogP contribution in [0.15, 0.2) is 36.4 Å². The van der Waals surface area contributed by atoms with Crippen molar-refractivity contribution in [1.29, 1.82) is 0 Å². The number of hydrogen-bond acceptors (Lipinski definition) is 5. The van der Waals surface area contributed by atoms with Crippen molar-refractivity contribution in [3.8, 4) is 0 Å². The van der Waals surface area contributed by atoms with Crippen LogP contribution in [0, 0.1) is 12.8 Å². The largest absolute Gasteiger partial charge is 0.395 e. The Labute approximate surface area is 177 Å². The number of carbonyl (C=O) groups excluding carboxylic acids is 2. The lowest BCUT2D eigenvalue weighted by atomic mass is 9.80. The van der Waals surface area contributed by atoms with Crippen molar-refractivity contribution >= 4 is 23.3 Å². The number of amides is 2. The highest BCUT2D eigenvalue weighted by molar-refractivity contribution is 5.98. The van der Waals surface area contributed by atoms with Gasteiger partial charge < -0.3 is 20.6 Å².